The van der Waals surface area contributed by atoms with Crippen LogP contribution < -0.4 is 10.6 Å². The minimum Gasteiger partial charge on any atom is -0.335 e. The number of hydrogen-bond donors (Lipinski definition) is 2. The van der Waals surface area contributed by atoms with Crippen molar-refractivity contribution in [2.45, 2.75) is 38.3 Å². The number of piperidine rings is 1. The summed E-state index contributed by atoms with van der Waals surface area (Å²) in [7, 11) is 0. The average molecular weight is 335 g/mol. The SMILES string of the molecule is Cc1ccc(NC(=O)NC2CCN3CCc4ccccc4C3C2)cc1. The van der Waals surface area contributed by atoms with Gasteiger partial charge in [-0.2, -0.15) is 0 Å². The van der Waals surface area contributed by atoms with Crippen LogP contribution in [-0.2, 0) is 6.42 Å². The van der Waals surface area contributed by atoms with Gasteiger partial charge in [-0.15, -0.1) is 0 Å². The van der Waals surface area contributed by atoms with E-state index in [1.807, 2.05) is 31.2 Å². The molecule has 2 N–H and O–H groups in total. The predicted molar refractivity (Wildman–Crippen MR) is 101 cm³/mol. The van der Waals surface area contributed by atoms with Crippen molar-refractivity contribution in [1.82, 2.24) is 10.2 Å². The van der Waals surface area contributed by atoms with Crippen LogP contribution in [0.4, 0.5) is 10.5 Å². The fourth-order valence-corrected chi connectivity index (χ4v) is 4.08. The minimum absolute atomic E-state index is 0.105. The molecular formula is C21H25N3O. The second-order valence-corrected chi connectivity index (χ2v) is 7.19. The molecule has 0 saturated carbocycles. The van der Waals surface area contributed by atoms with E-state index in [2.05, 4.69) is 39.8 Å². The summed E-state index contributed by atoms with van der Waals surface area (Å²) in [6.07, 6.45) is 3.14. The maximum absolute atomic E-state index is 12.3. The second-order valence-electron chi connectivity index (χ2n) is 7.19. The molecule has 0 bridgehead atoms. The lowest BCUT2D eigenvalue weighted by Crippen LogP contribution is -2.49. The Bertz CT molecular complexity index is 756. The molecule has 2 unspecified atom stereocenters. The number of amides is 2. The van der Waals surface area contributed by atoms with E-state index >= 15 is 0 Å². The maximum atomic E-state index is 12.3. The number of hydrogen-bond acceptors (Lipinski definition) is 2. The summed E-state index contributed by atoms with van der Waals surface area (Å²) < 4.78 is 0. The summed E-state index contributed by atoms with van der Waals surface area (Å²) >= 11 is 0. The Hall–Kier alpha value is -2.33. The molecule has 0 radical (unpaired) electrons. The van der Waals surface area contributed by atoms with Gasteiger partial charge in [0.25, 0.3) is 0 Å². The van der Waals surface area contributed by atoms with Crippen LogP contribution >= 0.6 is 0 Å². The Kier molecular flexibility index (Phi) is 4.45. The van der Waals surface area contributed by atoms with Gasteiger partial charge in [-0.3, -0.25) is 4.90 Å². The van der Waals surface area contributed by atoms with Gasteiger partial charge in [-0.25, -0.2) is 4.79 Å². The van der Waals surface area contributed by atoms with Gasteiger partial charge < -0.3 is 10.6 Å². The molecule has 2 aromatic rings. The van der Waals surface area contributed by atoms with Crippen LogP contribution in [0.5, 0.6) is 0 Å². The zero-order chi connectivity index (χ0) is 17.2. The largest absolute Gasteiger partial charge is 0.335 e. The number of nitrogens with zero attached hydrogens (tertiary/aromatic N) is 1. The zero-order valence-corrected chi connectivity index (χ0v) is 14.7. The number of carbonyl (C=O) groups excluding carboxylic acids is 1. The number of urea groups is 1. The van der Waals surface area contributed by atoms with Crippen molar-refractivity contribution in [3.8, 4) is 0 Å². The third-order valence-electron chi connectivity index (χ3n) is 5.44. The van der Waals surface area contributed by atoms with Gasteiger partial charge in [0, 0.05) is 30.9 Å². The van der Waals surface area contributed by atoms with E-state index < -0.39 is 0 Å². The number of benzene rings is 2. The van der Waals surface area contributed by atoms with Crippen molar-refractivity contribution < 1.29 is 4.79 Å². The predicted octanol–water partition coefficient (Wildman–Crippen LogP) is 3.88. The Labute approximate surface area is 149 Å². The monoisotopic (exact) mass is 335 g/mol. The minimum atomic E-state index is -0.105. The van der Waals surface area contributed by atoms with Crippen LogP contribution in [0.25, 0.3) is 0 Å². The van der Waals surface area contributed by atoms with Crippen molar-refractivity contribution in [1.29, 1.82) is 0 Å². The standard InChI is InChI=1S/C21H25N3O/c1-15-6-8-17(9-7-15)22-21(25)23-18-11-13-24-12-10-16-4-2-3-5-19(16)20(24)14-18/h2-9,18,20H,10-14H2,1H3,(H2,22,23,25). The first-order chi connectivity index (χ1) is 12.2. The number of aryl methyl sites for hydroxylation is 1. The van der Waals surface area contributed by atoms with Crippen LogP contribution in [0, 0.1) is 6.92 Å². The molecule has 1 saturated heterocycles. The normalized spacial score (nSPS) is 22.6. The average Bonchev–Trinajstić information content (AvgIpc) is 2.63. The number of carbonyl (C=O) groups is 1. The van der Waals surface area contributed by atoms with Crippen molar-refractivity contribution in [3.63, 3.8) is 0 Å². The topological polar surface area (TPSA) is 44.4 Å². The van der Waals surface area contributed by atoms with E-state index in [-0.39, 0.29) is 12.1 Å². The lowest BCUT2D eigenvalue weighted by Gasteiger charge is -2.43. The van der Waals surface area contributed by atoms with Gasteiger partial charge in [0.05, 0.1) is 0 Å². The van der Waals surface area contributed by atoms with Gasteiger partial charge in [-0.05, 0) is 49.4 Å². The Balaban J connectivity index is 1.40. The molecule has 2 aliphatic rings. The Morgan fingerprint density at radius 1 is 1.08 bits per heavy atom. The summed E-state index contributed by atoms with van der Waals surface area (Å²) in [5.74, 6) is 0. The maximum Gasteiger partial charge on any atom is 0.319 e. The number of nitrogens with one attached hydrogen (secondary N) is 2. The fraction of sp³-hybridized carbons (Fsp3) is 0.381. The van der Waals surface area contributed by atoms with E-state index in [1.54, 1.807) is 0 Å². The molecule has 0 aromatic heterocycles. The smallest absolute Gasteiger partial charge is 0.319 e. The van der Waals surface area contributed by atoms with E-state index in [0.717, 1.165) is 38.0 Å². The summed E-state index contributed by atoms with van der Waals surface area (Å²) in [6.45, 7) is 4.22. The molecule has 4 nitrogen and oxygen atoms in total. The number of rotatable bonds is 2. The van der Waals surface area contributed by atoms with Gasteiger partial charge in [-0.1, -0.05) is 42.0 Å². The van der Waals surface area contributed by atoms with E-state index in [4.69, 9.17) is 0 Å². The molecule has 130 valence electrons. The fourth-order valence-electron chi connectivity index (χ4n) is 4.08. The van der Waals surface area contributed by atoms with Crippen molar-refractivity contribution in [2.24, 2.45) is 0 Å². The lowest BCUT2D eigenvalue weighted by molar-refractivity contribution is 0.118. The summed E-state index contributed by atoms with van der Waals surface area (Å²) in [4.78, 5) is 14.9. The highest BCUT2D eigenvalue weighted by Crippen LogP contribution is 2.36. The number of fused-ring (bicyclic) bond motifs is 3. The first kappa shape index (κ1) is 16.2. The zero-order valence-electron chi connectivity index (χ0n) is 14.7. The molecule has 25 heavy (non-hydrogen) atoms. The summed E-state index contributed by atoms with van der Waals surface area (Å²) in [6, 6.07) is 17.2. The molecule has 4 rings (SSSR count). The highest BCUT2D eigenvalue weighted by atomic mass is 16.2. The molecule has 2 amide bonds. The Morgan fingerprint density at radius 2 is 1.88 bits per heavy atom. The van der Waals surface area contributed by atoms with Crippen LogP contribution in [0.2, 0.25) is 0 Å². The van der Waals surface area contributed by atoms with E-state index in [0.29, 0.717) is 6.04 Å². The molecule has 2 aromatic carbocycles. The molecule has 2 heterocycles. The van der Waals surface area contributed by atoms with Crippen molar-refractivity contribution >= 4 is 11.7 Å². The molecule has 4 heteroatoms. The van der Waals surface area contributed by atoms with E-state index in [1.165, 1.54) is 16.7 Å². The molecular weight excluding hydrogens is 310 g/mol. The quantitative estimate of drug-likeness (QED) is 0.875. The third kappa shape index (κ3) is 3.54. The molecule has 0 aliphatic carbocycles. The highest BCUT2D eigenvalue weighted by Gasteiger charge is 2.33. The second kappa shape index (κ2) is 6.89. The van der Waals surface area contributed by atoms with Crippen LogP contribution in [0.1, 0.15) is 35.6 Å². The Morgan fingerprint density at radius 3 is 2.72 bits per heavy atom. The van der Waals surface area contributed by atoms with Crippen molar-refractivity contribution in [3.05, 3.63) is 65.2 Å². The van der Waals surface area contributed by atoms with Gasteiger partial charge in [0.2, 0.25) is 0 Å². The third-order valence-corrected chi connectivity index (χ3v) is 5.44. The van der Waals surface area contributed by atoms with Crippen LogP contribution in [0.15, 0.2) is 48.5 Å². The van der Waals surface area contributed by atoms with Gasteiger partial charge in [0.15, 0.2) is 0 Å². The molecule has 0 spiro atoms. The number of anilines is 1. The molecule has 2 aliphatic heterocycles. The van der Waals surface area contributed by atoms with Crippen LogP contribution in [-0.4, -0.2) is 30.1 Å². The summed E-state index contributed by atoms with van der Waals surface area (Å²) in [5.41, 5.74) is 4.94. The molecule has 1 fully saturated rings. The first-order valence-corrected chi connectivity index (χ1v) is 9.15. The van der Waals surface area contributed by atoms with Gasteiger partial charge >= 0.3 is 6.03 Å². The first-order valence-electron chi connectivity index (χ1n) is 9.15. The summed E-state index contributed by atoms with van der Waals surface area (Å²) in [5, 5.41) is 6.11. The van der Waals surface area contributed by atoms with E-state index in [9.17, 15) is 4.79 Å². The van der Waals surface area contributed by atoms with Crippen LogP contribution in [0.3, 0.4) is 0 Å². The lowest BCUT2D eigenvalue weighted by atomic mass is 9.85. The van der Waals surface area contributed by atoms with Crippen molar-refractivity contribution in [2.75, 3.05) is 18.4 Å². The molecule has 2 atom stereocenters. The van der Waals surface area contributed by atoms with Gasteiger partial charge in [0.1, 0.15) is 0 Å². The highest BCUT2D eigenvalue weighted by molar-refractivity contribution is 5.89.